The largest absolute Gasteiger partial charge is 0.497 e. The molecule has 0 aliphatic carbocycles. The van der Waals surface area contributed by atoms with E-state index >= 15 is 0 Å². The smallest absolute Gasteiger partial charge is 0.143 e. The third-order valence-corrected chi connectivity index (χ3v) is 2.26. The molecular weight excluding hydrogens is 192 g/mol. The van der Waals surface area contributed by atoms with Crippen LogP contribution in [0.1, 0.15) is 12.5 Å². The Balaban J connectivity index is 2.48. The van der Waals surface area contributed by atoms with Crippen LogP contribution in [0, 0.1) is 0 Å². The molecule has 0 bridgehead atoms. The van der Waals surface area contributed by atoms with E-state index in [1.54, 1.807) is 18.1 Å². The molecule has 1 heterocycles. The Labute approximate surface area is 87.7 Å². The fourth-order valence-electron chi connectivity index (χ4n) is 1.47. The second-order valence-electron chi connectivity index (χ2n) is 3.10. The van der Waals surface area contributed by atoms with Crippen LogP contribution >= 0.6 is 0 Å². The van der Waals surface area contributed by atoms with Gasteiger partial charge in [-0.3, -0.25) is 0 Å². The molecule has 0 fully saturated rings. The van der Waals surface area contributed by atoms with E-state index in [9.17, 15) is 0 Å². The first-order valence-corrected chi connectivity index (χ1v) is 4.75. The lowest BCUT2D eigenvalue weighted by atomic mass is 10.1. The number of aryl methyl sites for hydroxylation is 1. The van der Waals surface area contributed by atoms with E-state index in [0.717, 1.165) is 23.4 Å². The molecule has 78 valence electrons. The molecule has 1 aromatic carbocycles. The maximum Gasteiger partial charge on any atom is 0.143 e. The topological polar surface area (TPSA) is 52.8 Å². The van der Waals surface area contributed by atoms with Gasteiger partial charge in [0.05, 0.1) is 12.8 Å². The standard InChI is InChI=1S/C10H12N4O/c1-3-8-6-9(15-2)4-5-10(8)14-7-11-12-13-14/h4-7H,3H2,1-2H3. The highest BCUT2D eigenvalue weighted by atomic mass is 16.5. The molecular formula is C10H12N4O. The van der Waals surface area contributed by atoms with Crippen molar-refractivity contribution in [2.24, 2.45) is 0 Å². The molecule has 0 N–H and O–H groups in total. The van der Waals surface area contributed by atoms with Crippen molar-refractivity contribution >= 4 is 0 Å². The first-order chi connectivity index (χ1) is 7.35. The van der Waals surface area contributed by atoms with Gasteiger partial charge in [0, 0.05) is 0 Å². The number of nitrogens with zero attached hydrogens (tertiary/aromatic N) is 4. The summed E-state index contributed by atoms with van der Waals surface area (Å²) >= 11 is 0. The predicted molar refractivity (Wildman–Crippen MR) is 55.1 cm³/mol. The Kier molecular flexibility index (Phi) is 2.62. The molecule has 0 saturated heterocycles. The number of tetrazole rings is 1. The summed E-state index contributed by atoms with van der Waals surface area (Å²) in [5.41, 5.74) is 2.14. The van der Waals surface area contributed by atoms with Crippen molar-refractivity contribution < 1.29 is 4.74 Å². The first kappa shape index (κ1) is 9.64. The normalized spacial score (nSPS) is 10.3. The molecule has 5 nitrogen and oxygen atoms in total. The van der Waals surface area contributed by atoms with Gasteiger partial charge in [0.2, 0.25) is 0 Å². The molecule has 1 aromatic heterocycles. The summed E-state index contributed by atoms with van der Waals surface area (Å²) in [6.45, 7) is 2.09. The Morgan fingerprint density at radius 1 is 1.40 bits per heavy atom. The van der Waals surface area contributed by atoms with Crippen LogP contribution in [-0.2, 0) is 6.42 Å². The van der Waals surface area contributed by atoms with E-state index in [1.807, 2.05) is 18.2 Å². The zero-order valence-electron chi connectivity index (χ0n) is 8.71. The van der Waals surface area contributed by atoms with Crippen LogP contribution in [0.5, 0.6) is 5.75 Å². The zero-order chi connectivity index (χ0) is 10.7. The van der Waals surface area contributed by atoms with Crippen LogP contribution in [0.15, 0.2) is 24.5 Å². The molecule has 0 amide bonds. The Morgan fingerprint density at radius 2 is 2.27 bits per heavy atom. The van der Waals surface area contributed by atoms with E-state index < -0.39 is 0 Å². The third-order valence-electron chi connectivity index (χ3n) is 2.26. The fourth-order valence-corrected chi connectivity index (χ4v) is 1.47. The molecule has 0 spiro atoms. The van der Waals surface area contributed by atoms with Crippen molar-refractivity contribution in [3.8, 4) is 11.4 Å². The molecule has 0 radical (unpaired) electrons. The zero-order valence-corrected chi connectivity index (χ0v) is 8.71. The summed E-state index contributed by atoms with van der Waals surface area (Å²) in [5, 5.41) is 11.1. The van der Waals surface area contributed by atoms with E-state index in [1.165, 1.54) is 0 Å². The number of aromatic nitrogens is 4. The average molecular weight is 204 g/mol. The first-order valence-electron chi connectivity index (χ1n) is 4.75. The lowest BCUT2D eigenvalue weighted by molar-refractivity contribution is 0.414. The Hall–Kier alpha value is -1.91. The van der Waals surface area contributed by atoms with Crippen molar-refractivity contribution in [3.05, 3.63) is 30.1 Å². The molecule has 0 unspecified atom stereocenters. The number of methoxy groups -OCH3 is 1. The van der Waals surface area contributed by atoms with Gasteiger partial charge in [-0.2, -0.15) is 0 Å². The van der Waals surface area contributed by atoms with Crippen molar-refractivity contribution in [3.63, 3.8) is 0 Å². The summed E-state index contributed by atoms with van der Waals surface area (Å²) in [5.74, 6) is 0.851. The predicted octanol–water partition coefficient (Wildman–Crippen LogP) is 1.23. The van der Waals surface area contributed by atoms with Crippen LogP contribution in [-0.4, -0.2) is 27.3 Å². The van der Waals surface area contributed by atoms with Gasteiger partial charge in [0.15, 0.2) is 0 Å². The minimum Gasteiger partial charge on any atom is -0.497 e. The third kappa shape index (κ3) is 1.81. The van der Waals surface area contributed by atoms with Gasteiger partial charge in [-0.1, -0.05) is 6.92 Å². The average Bonchev–Trinajstić information content (AvgIpc) is 2.81. The number of hydrogen-bond donors (Lipinski definition) is 0. The molecule has 0 aliphatic heterocycles. The fraction of sp³-hybridized carbons (Fsp3) is 0.300. The quantitative estimate of drug-likeness (QED) is 0.754. The maximum absolute atomic E-state index is 5.17. The van der Waals surface area contributed by atoms with Gasteiger partial charge < -0.3 is 4.74 Å². The lowest BCUT2D eigenvalue weighted by Crippen LogP contribution is -2.00. The van der Waals surface area contributed by atoms with Gasteiger partial charge in [0.1, 0.15) is 12.1 Å². The highest BCUT2D eigenvalue weighted by Crippen LogP contribution is 2.20. The maximum atomic E-state index is 5.17. The van der Waals surface area contributed by atoms with Crippen molar-refractivity contribution in [2.45, 2.75) is 13.3 Å². The highest BCUT2D eigenvalue weighted by molar-refractivity contribution is 5.44. The second-order valence-corrected chi connectivity index (χ2v) is 3.10. The highest BCUT2D eigenvalue weighted by Gasteiger charge is 2.05. The minimum absolute atomic E-state index is 0.851. The van der Waals surface area contributed by atoms with Crippen molar-refractivity contribution in [1.82, 2.24) is 20.2 Å². The number of ether oxygens (including phenoxy) is 1. The molecule has 2 aromatic rings. The Morgan fingerprint density at radius 3 is 2.87 bits per heavy atom. The lowest BCUT2D eigenvalue weighted by Gasteiger charge is -2.08. The second kappa shape index (κ2) is 4.08. The molecule has 2 rings (SSSR count). The minimum atomic E-state index is 0.851. The van der Waals surface area contributed by atoms with Crippen LogP contribution in [0.3, 0.4) is 0 Å². The summed E-state index contributed by atoms with van der Waals surface area (Å²) < 4.78 is 6.82. The van der Waals surface area contributed by atoms with Gasteiger partial charge >= 0.3 is 0 Å². The Bertz CT molecular complexity index is 439. The summed E-state index contributed by atoms with van der Waals surface area (Å²) in [6, 6.07) is 5.85. The van der Waals surface area contributed by atoms with Crippen LogP contribution < -0.4 is 4.74 Å². The summed E-state index contributed by atoms with van der Waals surface area (Å²) in [6.07, 6.45) is 2.49. The monoisotopic (exact) mass is 204 g/mol. The van der Waals surface area contributed by atoms with Gasteiger partial charge in [-0.15, -0.1) is 5.10 Å². The van der Waals surface area contributed by atoms with E-state index in [2.05, 4.69) is 22.4 Å². The SMILES string of the molecule is CCc1cc(OC)ccc1-n1cnnn1. The molecule has 15 heavy (non-hydrogen) atoms. The van der Waals surface area contributed by atoms with E-state index in [0.29, 0.717) is 0 Å². The van der Waals surface area contributed by atoms with Gasteiger partial charge in [-0.05, 0) is 40.6 Å². The summed E-state index contributed by atoms with van der Waals surface area (Å²) in [4.78, 5) is 0. The van der Waals surface area contributed by atoms with Gasteiger partial charge in [0.25, 0.3) is 0 Å². The number of benzene rings is 1. The van der Waals surface area contributed by atoms with Crippen LogP contribution in [0.25, 0.3) is 5.69 Å². The van der Waals surface area contributed by atoms with Crippen molar-refractivity contribution in [2.75, 3.05) is 7.11 Å². The molecule has 0 aliphatic rings. The van der Waals surface area contributed by atoms with Gasteiger partial charge in [-0.25, -0.2) is 4.68 Å². The number of rotatable bonds is 3. The molecule has 5 heteroatoms. The summed E-state index contributed by atoms with van der Waals surface area (Å²) in [7, 11) is 1.66. The molecule has 0 saturated carbocycles. The van der Waals surface area contributed by atoms with E-state index in [-0.39, 0.29) is 0 Å². The van der Waals surface area contributed by atoms with E-state index in [4.69, 9.17) is 4.74 Å². The molecule has 0 atom stereocenters. The van der Waals surface area contributed by atoms with Crippen LogP contribution in [0.2, 0.25) is 0 Å². The number of hydrogen-bond acceptors (Lipinski definition) is 4. The van der Waals surface area contributed by atoms with Crippen molar-refractivity contribution in [1.29, 1.82) is 0 Å². The van der Waals surface area contributed by atoms with Crippen LogP contribution in [0.4, 0.5) is 0 Å².